The van der Waals surface area contributed by atoms with Gasteiger partial charge in [0.05, 0.1) is 13.5 Å². The number of benzene rings is 2. The Hall–Kier alpha value is -2.53. The lowest BCUT2D eigenvalue weighted by Crippen LogP contribution is -2.49. The van der Waals surface area contributed by atoms with Crippen molar-refractivity contribution in [2.24, 2.45) is 0 Å². The predicted molar refractivity (Wildman–Crippen MR) is 111 cm³/mol. The third-order valence-electron chi connectivity index (χ3n) is 4.35. The monoisotopic (exact) mass is 402 g/mol. The summed E-state index contributed by atoms with van der Waals surface area (Å²) in [4.78, 5) is 27.2. The number of hydrogen-bond donors (Lipinski definition) is 1. The highest BCUT2D eigenvalue weighted by Gasteiger charge is 2.26. The molecule has 0 aliphatic heterocycles. The zero-order chi connectivity index (χ0) is 20.7. The molecule has 0 bridgehead atoms. The molecule has 1 N–H and O–H groups in total. The Morgan fingerprint density at radius 2 is 1.75 bits per heavy atom. The van der Waals surface area contributed by atoms with Gasteiger partial charge in [0.2, 0.25) is 11.8 Å². The second kappa shape index (κ2) is 10.1. The number of halogens is 1. The van der Waals surface area contributed by atoms with Crippen molar-refractivity contribution < 1.29 is 14.3 Å². The summed E-state index contributed by atoms with van der Waals surface area (Å²) < 4.78 is 5.27. The molecule has 0 aliphatic carbocycles. The highest BCUT2D eigenvalue weighted by atomic mass is 35.5. The zero-order valence-corrected chi connectivity index (χ0v) is 17.5. The summed E-state index contributed by atoms with van der Waals surface area (Å²) in [6, 6.07) is 14.1. The Balaban J connectivity index is 2.24. The Kier molecular flexibility index (Phi) is 7.88. The maximum atomic E-state index is 13.1. The van der Waals surface area contributed by atoms with Crippen LogP contribution in [0.15, 0.2) is 48.5 Å². The van der Waals surface area contributed by atoms with E-state index in [0.29, 0.717) is 17.3 Å². The van der Waals surface area contributed by atoms with Gasteiger partial charge in [0.1, 0.15) is 11.8 Å². The molecule has 2 aromatic rings. The molecule has 2 rings (SSSR count). The van der Waals surface area contributed by atoms with Crippen molar-refractivity contribution in [1.82, 2.24) is 10.2 Å². The Morgan fingerprint density at radius 1 is 1.07 bits per heavy atom. The molecule has 0 heterocycles. The summed E-state index contributed by atoms with van der Waals surface area (Å²) in [5.74, 6) is 0.404. The number of ether oxygens (including phenoxy) is 1. The molecule has 0 aromatic heterocycles. The van der Waals surface area contributed by atoms with E-state index in [4.69, 9.17) is 16.3 Å². The van der Waals surface area contributed by atoms with E-state index in [2.05, 4.69) is 5.32 Å². The van der Waals surface area contributed by atoms with E-state index >= 15 is 0 Å². The van der Waals surface area contributed by atoms with Crippen molar-refractivity contribution in [1.29, 1.82) is 0 Å². The number of hydrogen-bond acceptors (Lipinski definition) is 3. The zero-order valence-electron chi connectivity index (χ0n) is 16.7. The average molecular weight is 403 g/mol. The van der Waals surface area contributed by atoms with Crippen LogP contribution in [0.3, 0.4) is 0 Å². The first-order chi connectivity index (χ1) is 13.3. The lowest BCUT2D eigenvalue weighted by molar-refractivity contribution is -0.140. The van der Waals surface area contributed by atoms with Crippen molar-refractivity contribution in [3.8, 4) is 5.75 Å². The minimum Gasteiger partial charge on any atom is -0.497 e. The van der Waals surface area contributed by atoms with Crippen molar-refractivity contribution in [3.63, 3.8) is 0 Å². The topological polar surface area (TPSA) is 58.6 Å². The van der Waals surface area contributed by atoms with Crippen LogP contribution in [0.5, 0.6) is 5.75 Å². The summed E-state index contributed by atoms with van der Waals surface area (Å²) in [5.41, 5.74) is 1.74. The molecule has 0 unspecified atom stereocenters. The summed E-state index contributed by atoms with van der Waals surface area (Å²) in [5, 5.41) is 3.50. The first kappa shape index (κ1) is 21.8. The van der Waals surface area contributed by atoms with Crippen LogP contribution in [0.1, 0.15) is 31.9 Å². The second-order valence-electron chi connectivity index (χ2n) is 7.02. The minimum atomic E-state index is -0.603. The number of carbonyl (C=O) groups excluding carboxylic acids is 2. The summed E-state index contributed by atoms with van der Waals surface area (Å²) in [6.07, 6.45) is 0.195. The number of amides is 2. The molecule has 0 spiro atoms. The lowest BCUT2D eigenvalue weighted by Gasteiger charge is -2.29. The molecule has 2 aromatic carbocycles. The Labute approximate surface area is 171 Å². The van der Waals surface area contributed by atoms with E-state index in [0.717, 1.165) is 11.1 Å². The highest BCUT2D eigenvalue weighted by molar-refractivity contribution is 6.30. The van der Waals surface area contributed by atoms with E-state index in [-0.39, 0.29) is 24.3 Å². The highest BCUT2D eigenvalue weighted by Crippen LogP contribution is 2.18. The van der Waals surface area contributed by atoms with Crippen LogP contribution in [-0.4, -0.2) is 35.9 Å². The van der Waals surface area contributed by atoms with Crippen LogP contribution in [-0.2, 0) is 22.6 Å². The summed E-state index contributed by atoms with van der Waals surface area (Å²) in [6.45, 7) is 5.85. The molecule has 5 nitrogen and oxygen atoms in total. The SMILES string of the molecule is COc1cccc(CN(C(=O)Cc2ccc(Cl)cc2)[C@@H](C)C(=O)NC(C)C)c1. The second-order valence-corrected chi connectivity index (χ2v) is 7.45. The molecule has 0 aliphatic rings. The third kappa shape index (κ3) is 6.27. The number of nitrogens with one attached hydrogen (secondary N) is 1. The van der Waals surface area contributed by atoms with E-state index < -0.39 is 6.04 Å². The molecule has 0 saturated heterocycles. The number of rotatable bonds is 8. The van der Waals surface area contributed by atoms with Gasteiger partial charge in [-0.05, 0) is 56.2 Å². The number of nitrogens with zero attached hydrogens (tertiary/aromatic N) is 1. The van der Waals surface area contributed by atoms with Crippen molar-refractivity contribution in [2.75, 3.05) is 7.11 Å². The normalized spacial score (nSPS) is 11.8. The Bertz CT molecular complexity index is 806. The van der Waals surface area contributed by atoms with Gasteiger partial charge < -0.3 is 15.0 Å². The standard InChI is InChI=1S/C22H27ClN2O3/c1-15(2)24-22(27)16(3)25(14-18-6-5-7-20(12-18)28-4)21(26)13-17-8-10-19(23)11-9-17/h5-12,15-16H,13-14H2,1-4H3,(H,24,27)/t16-/m0/s1. The van der Waals surface area contributed by atoms with Gasteiger partial charge in [-0.25, -0.2) is 0 Å². The quantitative estimate of drug-likeness (QED) is 0.729. The van der Waals surface area contributed by atoms with Crippen LogP contribution >= 0.6 is 11.6 Å². The predicted octanol–water partition coefficient (Wildman–Crippen LogP) is 3.83. The van der Waals surface area contributed by atoms with Crippen molar-refractivity contribution >= 4 is 23.4 Å². The van der Waals surface area contributed by atoms with Crippen LogP contribution in [0.25, 0.3) is 0 Å². The van der Waals surface area contributed by atoms with E-state index in [9.17, 15) is 9.59 Å². The van der Waals surface area contributed by atoms with Gasteiger partial charge in [-0.2, -0.15) is 0 Å². The molecule has 28 heavy (non-hydrogen) atoms. The fourth-order valence-electron chi connectivity index (χ4n) is 2.83. The smallest absolute Gasteiger partial charge is 0.242 e. The molecule has 6 heteroatoms. The third-order valence-corrected chi connectivity index (χ3v) is 4.61. The number of methoxy groups -OCH3 is 1. The largest absolute Gasteiger partial charge is 0.497 e. The van der Waals surface area contributed by atoms with Crippen LogP contribution in [0.4, 0.5) is 0 Å². The van der Waals surface area contributed by atoms with Gasteiger partial charge >= 0.3 is 0 Å². The van der Waals surface area contributed by atoms with Gasteiger partial charge in [-0.1, -0.05) is 35.9 Å². The molecule has 0 saturated carbocycles. The summed E-state index contributed by atoms with van der Waals surface area (Å²) >= 11 is 5.93. The maximum Gasteiger partial charge on any atom is 0.242 e. The van der Waals surface area contributed by atoms with Crippen molar-refractivity contribution in [3.05, 3.63) is 64.7 Å². The molecule has 0 radical (unpaired) electrons. The molecular weight excluding hydrogens is 376 g/mol. The lowest BCUT2D eigenvalue weighted by atomic mass is 10.1. The first-order valence-electron chi connectivity index (χ1n) is 9.27. The van der Waals surface area contributed by atoms with Gasteiger partial charge in [0.25, 0.3) is 0 Å². The van der Waals surface area contributed by atoms with E-state index in [1.54, 1.807) is 31.1 Å². The maximum absolute atomic E-state index is 13.1. The first-order valence-corrected chi connectivity index (χ1v) is 9.65. The Morgan fingerprint density at radius 3 is 2.36 bits per heavy atom. The van der Waals surface area contributed by atoms with Crippen LogP contribution in [0, 0.1) is 0 Å². The van der Waals surface area contributed by atoms with Gasteiger partial charge in [-0.15, -0.1) is 0 Å². The van der Waals surface area contributed by atoms with Crippen molar-refractivity contribution in [2.45, 2.75) is 45.8 Å². The molecular formula is C22H27ClN2O3. The average Bonchev–Trinajstić information content (AvgIpc) is 2.67. The summed E-state index contributed by atoms with van der Waals surface area (Å²) in [7, 11) is 1.60. The van der Waals surface area contributed by atoms with Gasteiger partial charge in [0, 0.05) is 17.6 Å². The van der Waals surface area contributed by atoms with Crippen LogP contribution in [0.2, 0.25) is 5.02 Å². The fraction of sp³-hybridized carbons (Fsp3) is 0.364. The van der Waals surface area contributed by atoms with Crippen LogP contribution < -0.4 is 10.1 Å². The van der Waals surface area contributed by atoms with E-state index in [1.807, 2.05) is 50.2 Å². The minimum absolute atomic E-state index is 0.0000124. The number of carbonyl (C=O) groups is 2. The van der Waals surface area contributed by atoms with Gasteiger partial charge in [0.15, 0.2) is 0 Å². The molecule has 2 amide bonds. The van der Waals surface area contributed by atoms with E-state index in [1.165, 1.54) is 0 Å². The molecule has 0 fully saturated rings. The fourth-order valence-corrected chi connectivity index (χ4v) is 2.96. The molecule has 150 valence electrons. The van der Waals surface area contributed by atoms with Gasteiger partial charge in [-0.3, -0.25) is 9.59 Å². The molecule has 1 atom stereocenters.